The van der Waals surface area contributed by atoms with Crippen molar-refractivity contribution in [1.82, 2.24) is 4.90 Å². The zero-order chi connectivity index (χ0) is 9.84. The molecule has 2 nitrogen and oxygen atoms in total. The Morgan fingerprint density at radius 3 is 2.69 bits per heavy atom. The first kappa shape index (κ1) is 11.0. The van der Waals surface area contributed by atoms with Gasteiger partial charge in [-0.25, -0.2) is 0 Å². The van der Waals surface area contributed by atoms with Crippen LogP contribution in [0.4, 0.5) is 0 Å². The molecule has 0 aliphatic carbocycles. The van der Waals surface area contributed by atoms with Crippen LogP contribution in [0.25, 0.3) is 0 Å². The molecular formula is C11H23NO. The fourth-order valence-electron chi connectivity index (χ4n) is 2.08. The summed E-state index contributed by atoms with van der Waals surface area (Å²) in [5.74, 6) is 0.773. The molecule has 0 saturated carbocycles. The highest BCUT2D eigenvalue weighted by Crippen LogP contribution is 2.21. The van der Waals surface area contributed by atoms with Crippen LogP contribution in [0, 0.1) is 5.92 Å². The number of hydrogen-bond acceptors (Lipinski definition) is 2. The Balaban J connectivity index is 2.31. The first-order chi connectivity index (χ1) is 6.13. The van der Waals surface area contributed by atoms with Crippen molar-refractivity contribution in [2.75, 3.05) is 13.1 Å². The minimum Gasteiger partial charge on any atom is -0.392 e. The fraction of sp³-hybridized carbons (Fsp3) is 1.00. The first-order valence-electron chi connectivity index (χ1n) is 5.55. The van der Waals surface area contributed by atoms with Crippen LogP contribution >= 0.6 is 0 Å². The lowest BCUT2D eigenvalue weighted by Gasteiger charge is -2.23. The molecule has 0 unspecified atom stereocenters. The van der Waals surface area contributed by atoms with E-state index in [0.29, 0.717) is 6.04 Å². The number of aliphatic hydroxyl groups is 1. The first-order valence-corrected chi connectivity index (χ1v) is 5.55. The van der Waals surface area contributed by atoms with Crippen LogP contribution in [-0.4, -0.2) is 35.2 Å². The number of likely N-dealkylation sites (tertiary alicyclic amines) is 1. The maximum absolute atomic E-state index is 9.52. The molecule has 1 fully saturated rings. The third-order valence-corrected chi connectivity index (χ3v) is 2.97. The van der Waals surface area contributed by atoms with Gasteiger partial charge in [0.15, 0.2) is 0 Å². The number of nitrogens with zero attached hydrogens (tertiary/aromatic N) is 1. The van der Waals surface area contributed by atoms with E-state index in [1.165, 1.54) is 12.8 Å². The zero-order valence-electron chi connectivity index (χ0n) is 9.16. The predicted octanol–water partition coefficient (Wildman–Crippen LogP) is 1.88. The molecule has 78 valence electrons. The molecule has 1 aliphatic rings. The predicted molar refractivity (Wildman–Crippen MR) is 55.7 cm³/mol. The fourth-order valence-corrected chi connectivity index (χ4v) is 2.08. The van der Waals surface area contributed by atoms with Crippen molar-refractivity contribution in [2.24, 2.45) is 5.92 Å². The van der Waals surface area contributed by atoms with Crippen molar-refractivity contribution >= 4 is 0 Å². The van der Waals surface area contributed by atoms with E-state index in [-0.39, 0.29) is 6.10 Å². The summed E-state index contributed by atoms with van der Waals surface area (Å²) in [7, 11) is 0. The Hall–Kier alpha value is -0.0800. The Labute approximate surface area is 81.9 Å². The van der Waals surface area contributed by atoms with Gasteiger partial charge in [-0.3, -0.25) is 4.90 Å². The van der Waals surface area contributed by atoms with Crippen molar-refractivity contribution in [1.29, 1.82) is 0 Å². The van der Waals surface area contributed by atoms with E-state index in [9.17, 15) is 5.11 Å². The van der Waals surface area contributed by atoms with Gasteiger partial charge in [-0.2, -0.15) is 0 Å². The van der Waals surface area contributed by atoms with Crippen LogP contribution < -0.4 is 0 Å². The van der Waals surface area contributed by atoms with Gasteiger partial charge in [0.1, 0.15) is 0 Å². The largest absolute Gasteiger partial charge is 0.392 e. The van der Waals surface area contributed by atoms with E-state index in [0.717, 1.165) is 25.4 Å². The molecule has 1 saturated heterocycles. The molecule has 0 bridgehead atoms. The normalized spacial score (nSPS) is 30.2. The molecule has 0 radical (unpaired) electrons. The molecule has 1 heterocycles. The summed E-state index contributed by atoms with van der Waals surface area (Å²) in [4.78, 5) is 2.45. The van der Waals surface area contributed by atoms with Crippen LogP contribution in [0.5, 0.6) is 0 Å². The Bertz CT molecular complexity index is 147. The Kier molecular flexibility index (Phi) is 4.20. The molecule has 2 atom stereocenters. The number of rotatable bonds is 4. The van der Waals surface area contributed by atoms with Crippen molar-refractivity contribution in [3.05, 3.63) is 0 Å². The summed E-state index contributed by atoms with van der Waals surface area (Å²) in [6.07, 6.45) is 3.34. The van der Waals surface area contributed by atoms with Crippen molar-refractivity contribution in [3.63, 3.8) is 0 Å². The molecule has 2 heteroatoms. The Morgan fingerprint density at radius 2 is 2.15 bits per heavy atom. The van der Waals surface area contributed by atoms with E-state index in [4.69, 9.17) is 0 Å². The highest BCUT2D eigenvalue weighted by molar-refractivity contribution is 4.83. The molecule has 1 N–H and O–H groups in total. The quantitative estimate of drug-likeness (QED) is 0.723. The summed E-state index contributed by atoms with van der Waals surface area (Å²) >= 11 is 0. The van der Waals surface area contributed by atoms with Gasteiger partial charge in [-0.05, 0) is 31.7 Å². The van der Waals surface area contributed by atoms with E-state index in [1.807, 2.05) is 0 Å². The van der Waals surface area contributed by atoms with Crippen molar-refractivity contribution in [2.45, 2.75) is 52.2 Å². The van der Waals surface area contributed by atoms with Crippen molar-refractivity contribution in [3.8, 4) is 0 Å². The van der Waals surface area contributed by atoms with Gasteiger partial charge in [0.2, 0.25) is 0 Å². The van der Waals surface area contributed by atoms with Gasteiger partial charge in [0, 0.05) is 12.6 Å². The van der Waals surface area contributed by atoms with E-state index in [1.54, 1.807) is 0 Å². The van der Waals surface area contributed by atoms with E-state index in [2.05, 4.69) is 25.7 Å². The molecule has 0 amide bonds. The lowest BCUT2D eigenvalue weighted by atomic mass is 10.1. The van der Waals surface area contributed by atoms with Gasteiger partial charge < -0.3 is 5.11 Å². The highest BCUT2D eigenvalue weighted by atomic mass is 16.3. The van der Waals surface area contributed by atoms with Crippen LogP contribution in [0.1, 0.15) is 40.0 Å². The lowest BCUT2D eigenvalue weighted by Crippen LogP contribution is -2.31. The average Bonchev–Trinajstić information content (AvgIpc) is 2.42. The zero-order valence-corrected chi connectivity index (χ0v) is 9.16. The third-order valence-electron chi connectivity index (χ3n) is 2.97. The summed E-state index contributed by atoms with van der Waals surface area (Å²) in [6, 6.07) is 0.633. The summed E-state index contributed by atoms with van der Waals surface area (Å²) < 4.78 is 0. The topological polar surface area (TPSA) is 23.5 Å². The van der Waals surface area contributed by atoms with Gasteiger partial charge in [0.05, 0.1) is 6.10 Å². The number of β-amino-alcohol motifs (C(OH)–C–C–N with tert-alkyl or cyclic N) is 1. The summed E-state index contributed by atoms with van der Waals surface area (Å²) in [6.45, 7) is 8.78. The molecular weight excluding hydrogens is 162 g/mol. The Morgan fingerprint density at radius 1 is 1.46 bits per heavy atom. The molecule has 0 spiro atoms. The smallest absolute Gasteiger partial charge is 0.0682 e. The van der Waals surface area contributed by atoms with Gasteiger partial charge in [0.25, 0.3) is 0 Å². The van der Waals surface area contributed by atoms with Crippen LogP contribution in [0.15, 0.2) is 0 Å². The molecule has 1 rings (SSSR count). The van der Waals surface area contributed by atoms with Crippen LogP contribution in [-0.2, 0) is 0 Å². The number of aliphatic hydroxyl groups excluding tert-OH is 1. The van der Waals surface area contributed by atoms with E-state index < -0.39 is 0 Å². The monoisotopic (exact) mass is 185 g/mol. The molecule has 1 aliphatic heterocycles. The minimum atomic E-state index is -0.0721. The molecule has 0 aromatic rings. The maximum atomic E-state index is 9.52. The summed E-state index contributed by atoms with van der Waals surface area (Å²) in [5, 5.41) is 9.52. The summed E-state index contributed by atoms with van der Waals surface area (Å²) in [5.41, 5.74) is 0. The lowest BCUT2D eigenvalue weighted by molar-refractivity contribution is 0.172. The highest BCUT2D eigenvalue weighted by Gasteiger charge is 2.28. The second-order valence-electron chi connectivity index (χ2n) is 4.63. The standard InChI is InChI=1S/C11H23NO/c1-4-10-7-11(13)8-12(10)6-5-9(2)3/h9-11,13H,4-8H2,1-3H3/t10-,11-/m0/s1. The van der Waals surface area contributed by atoms with Crippen molar-refractivity contribution < 1.29 is 5.11 Å². The van der Waals surface area contributed by atoms with Gasteiger partial charge in [-0.15, -0.1) is 0 Å². The minimum absolute atomic E-state index is 0.0721. The second-order valence-corrected chi connectivity index (χ2v) is 4.63. The van der Waals surface area contributed by atoms with Gasteiger partial charge >= 0.3 is 0 Å². The second kappa shape index (κ2) is 4.97. The van der Waals surface area contributed by atoms with E-state index >= 15 is 0 Å². The van der Waals surface area contributed by atoms with Crippen LogP contribution in [0.2, 0.25) is 0 Å². The van der Waals surface area contributed by atoms with Gasteiger partial charge in [-0.1, -0.05) is 20.8 Å². The SMILES string of the molecule is CC[C@H]1C[C@H](O)CN1CCC(C)C. The average molecular weight is 185 g/mol. The maximum Gasteiger partial charge on any atom is 0.0682 e. The molecule has 0 aromatic heterocycles. The third kappa shape index (κ3) is 3.28. The number of hydrogen-bond donors (Lipinski definition) is 1. The molecule has 13 heavy (non-hydrogen) atoms. The van der Waals surface area contributed by atoms with Crippen LogP contribution in [0.3, 0.4) is 0 Å². The molecule has 0 aromatic carbocycles.